The Balaban J connectivity index is 1.64. The van der Waals surface area contributed by atoms with E-state index in [9.17, 15) is 4.79 Å². The maximum absolute atomic E-state index is 12.4. The molecule has 7 nitrogen and oxygen atoms in total. The molecule has 1 aliphatic heterocycles. The van der Waals surface area contributed by atoms with Gasteiger partial charge in [-0.25, -0.2) is 14.6 Å². The number of methoxy groups -OCH3 is 1. The minimum absolute atomic E-state index is 0.130. The third kappa shape index (κ3) is 3.45. The lowest BCUT2D eigenvalue weighted by molar-refractivity contribution is 0.414. The van der Waals surface area contributed by atoms with Crippen molar-refractivity contribution in [2.45, 2.75) is 26.2 Å². The number of nitrogens with one attached hydrogen (secondary N) is 1. The van der Waals surface area contributed by atoms with Crippen molar-refractivity contribution in [3.63, 3.8) is 0 Å². The molecule has 1 saturated heterocycles. The number of nitrogens with zero attached hydrogens (tertiary/aromatic N) is 4. The molecule has 0 unspecified atom stereocenters. The Hall–Kier alpha value is -3.09. The molecule has 2 aromatic heterocycles. The molecule has 4 rings (SSSR count). The summed E-state index contributed by atoms with van der Waals surface area (Å²) in [7, 11) is 1.62. The predicted octanol–water partition coefficient (Wildman–Crippen LogP) is 2.93. The standard InChI is InChI=1S/C20H23N5O2/c1-14-17(13-21-20(22-14)24-10-4-3-5-11-24)18-12-19(26)25(23-18)15-6-8-16(27-2)9-7-15/h6-9,12-13,23H,3-5,10-11H2,1-2H3. The molecule has 0 radical (unpaired) electrons. The van der Waals surface area contributed by atoms with Gasteiger partial charge in [0, 0.05) is 30.9 Å². The Morgan fingerprint density at radius 1 is 1.11 bits per heavy atom. The van der Waals surface area contributed by atoms with Gasteiger partial charge in [-0.3, -0.25) is 9.89 Å². The highest BCUT2D eigenvalue weighted by molar-refractivity contribution is 5.61. The fourth-order valence-electron chi connectivity index (χ4n) is 3.42. The van der Waals surface area contributed by atoms with E-state index in [-0.39, 0.29) is 5.56 Å². The second kappa shape index (κ2) is 7.26. The van der Waals surface area contributed by atoms with Gasteiger partial charge in [-0.05, 0) is 50.5 Å². The van der Waals surface area contributed by atoms with E-state index >= 15 is 0 Å². The summed E-state index contributed by atoms with van der Waals surface area (Å²) < 4.78 is 6.68. The summed E-state index contributed by atoms with van der Waals surface area (Å²) in [5.74, 6) is 1.52. The second-order valence-corrected chi connectivity index (χ2v) is 6.76. The minimum Gasteiger partial charge on any atom is -0.497 e. The van der Waals surface area contributed by atoms with Crippen LogP contribution in [-0.2, 0) is 0 Å². The number of H-pyrrole nitrogens is 1. The zero-order chi connectivity index (χ0) is 18.8. The molecule has 1 aliphatic rings. The van der Waals surface area contributed by atoms with Crippen molar-refractivity contribution >= 4 is 5.95 Å². The number of ether oxygens (including phenoxy) is 1. The van der Waals surface area contributed by atoms with Crippen molar-refractivity contribution in [2.75, 3.05) is 25.1 Å². The van der Waals surface area contributed by atoms with Crippen molar-refractivity contribution in [1.82, 2.24) is 19.7 Å². The maximum Gasteiger partial charge on any atom is 0.271 e. The van der Waals surface area contributed by atoms with Crippen LogP contribution in [0.1, 0.15) is 25.0 Å². The first-order valence-corrected chi connectivity index (χ1v) is 9.21. The monoisotopic (exact) mass is 365 g/mol. The minimum atomic E-state index is -0.130. The topological polar surface area (TPSA) is 76.0 Å². The summed E-state index contributed by atoms with van der Waals surface area (Å²) in [5.41, 5.74) is 3.01. The van der Waals surface area contributed by atoms with Crippen LogP contribution in [0.25, 0.3) is 16.9 Å². The summed E-state index contributed by atoms with van der Waals surface area (Å²) in [6, 6.07) is 8.90. The Bertz CT molecular complexity index is 984. The molecular formula is C20H23N5O2. The van der Waals surface area contributed by atoms with Gasteiger partial charge in [0.05, 0.1) is 24.2 Å². The molecule has 1 fully saturated rings. The summed E-state index contributed by atoms with van der Waals surface area (Å²) in [6.45, 7) is 3.96. The lowest BCUT2D eigenvalue weighted by Crippen LogP contribution is -2.31. The van der Waals surface area contributed by atoms with Crippen molar-refractivity contribution < 1.29 is 4.74 Å². The van der Waals surface area contributed by atoms with Gasteiger partial charge in [-0.1, -0.05) is 0 Å². The summed E-state index contributed by atoms with van der Waals surface area (Å²) in [4.78, 5) is 23.9. The highest BCUT2D eigenvalue weighted by Gasteiger charge is 2.16. The molecule has 0 amide bonds. The van der Waals surface area contributed by atoms with E-state index in [0.717, 1.165) is 41.7 Å². The van der Waals surface area contributed by atoms with Gasteiger partial charge in [0.1, 0.15) is 5.75 Å². The van der Waals surface area contributed by atoms with Gasteiger partial charge < -0.3 is 9.64 Å². The Morgan fingerprint density at radius 2 is 1.85 bits per heavy atom. The van der Waals surface area contributed by atoms with Crippen LogP contribution < -0.4 is 15.2 Å². The quantitative estimate of drug-likeness (QED) is 0.769. The van der Waals surface area contributed by atoms with Crippen LogP contribution in [-0.4, -0.2) is 39.9 Å². The molecule has 0 saturated carbocycles. The van der Waals surface area contributed by atoms with E-state index in [0.29, 0.717) is 5.69 Å². The fourth-order valence-corrected chi connectivity index (χ4v) is 3.42. The molecule has 1 N–H and O–H groups in total. The first-order valence-electron chi connectivity index (χ1n) is 9.21. The van der Waals surface area contributed by atoms with Crippen LogP contribution in [0.4, 0.5) is 5.95 Å². The molecule has 1 aromatic carbocycles. The number of anilines is 1. The van der Waals surface area contributed by atoms with Crippen LogP contribution in [0.15, 0.2) is 41.3 Å². The van der Waals surface area contributed by atoms with Crippen LogP contribution in [0, 0.1) is 6.92 Å². The third-order valence-electron chi connectivity index (χ3n) is 4.95. The smallest absolute Gasteiger partial charge is 0.271 e. The number of hydrogen-bond donors (Lipinski definition) is 1. The average molecular weight is 365 g/mol. The maximum atomic E-state index is 12.4. The Kier molecular flexibility index (Phi) is 4.66. The first kappa shape index (κ1) is 17.3. The number of benzene rings is 1. The van der Waals surface area contributed by atoms with Crippen molar-refractivity contribution in [3.8, 4) is 22.7 Å². The molecule has 0 bridgehead atoms. The van der Waals surface area contributed by atoms with Crippen molar-refractivity contribution in [3.05, 3.63) is 52.6 Å². The number of rotatable bonds is 4. The van der Waals surface area contributed by atoms with Crippen molar-refractivity contribution in [2.24, 2.45) is 0 Å². The predicted molar refractivity (Wildman–Crippen MR) is 105 cm³/mol. The van der Waals surface area contributed by atoms with Crippen molar-refractivity contribution in [1.29, 1.82) is 0 Å². The van der Waals surface area contributed by atoms with Crippen LogP contribution in [0.3, 0.4) is 0 Å². The normalized spacial score (nSPS) is 14.4. The number of piperidine rings is 1. The molecule has 0 atom stereocenters. The number of aryl methyl sites for hydroxylation is 1. The molecule has 0 spiro atoms. The van der Waals surface area contributed by atoms with Gasteiger partial charge in [-0.15, -0.1) is 0 Å². The van der Waals surface area contributed by atoms with Gasteiger partial charge >= 0.3 is 0 Å². The number of aromatic nitrogens is 4. The lowest BCUT2D eigenvalue weighted by atomic mass is 10.1. The molecule has 3 aromatic rings. The first-order chi connectivity index (χ1) is 13.2. The van der Waals surface area contributed by atoms with E-state index < -0.39 is 0 Å². The fraction of sp³-hybridized carbons (Fsp3) is 0.350. The summed E-state index contributed by atoms with van der Waals surface area (Å²) in [6.07, 6.45) is 5.44. The Morgan fingerprint density at radius 3 is 2.52 bits per heavy atom. The molecule has 27 heavy (non-hydrogen) atoms. The van der Waals surface area contributed by atoms with E-state index in [1.165, 1.54) is 23.9 Å². The van der Waals surface area contributed by atoms with Gasteiger partial charge in [-0.2, -0.15) is 0 Å². The second-order valence-electron chi connectivity index (χ2n) is 6.76. The zero-order valence-corrected chi connectivity index (χ0v) is 15.6. The number of aromatic amines is 1. The van der Waals surface area contributed by atoms with Crippen LogP contribution >= 0.6 is 0 Å². The summed E-state index contributed by atoms with van der Waals surface area (Å²) >= 11 is 0. The summed E-state index contributed by atoms with van der Waals surface area (Å²) in [5, 5.41) is 3.16. The van der Waals surface area contributed by atoms with E-state index in [1.54, 1.807) is 19.4 Å². The van der Waals surface area contributed by atoms with E-state index in [2.05, 4.69) is 20.0 Å². The molecule has 0 aliphatic carbocycles. The molecule has 3 heterocycles. The molecule has 140 valence electrons. The Labute approximate surface area is 157 Å². The van der Waals surface area contributed by atoms with Gasteiger partial charge in [0.2, 0.25) is 5.95 Å². The third-order valence-corrected chi connectivity index (χ3v) is 4.95. The highest BCUT2D eigenvalue weighted by atomic mass is 16.5. The SMILES string of the molecule is COc1ccc(-n2[nH]c(-c3cnc(N4CCCCC4)nc3C)cc2=O)cc1. The highest BCUT2D eigenvalue weighted by Crippen LogP contribution is 2.23. The molecular weight excluding hydrogens is 342 g/mol. The van der Waals surface area contributed by atoms with E-state index in [4.69, 9.17) is 4.74 Å². The number of hydrogen-bond acceptors (Lipinski definition) is 5. The largest absolute Gasteiger partial charge is 0.497 e. The van der Waals surface area contributed by atoms with Crippen LogP contribution in [0.5, 0.6) is 5.75 Å². The molecule has 7 heteroatoms. The van der Waals surface area contributed by atoms with Gasteiger partial charge in [0.15, 0.2) is 0 Å². The van der Waals surface area contributed by atoms with E-state index in [1.807, 2.05) is 31.2 Å². The van der Waals surface area contributed by atoms with Gasteiger partial charge in [0.25, 0.3) is 5.56 Å². The zero-order valence-electron chi connectivity index (χ0n) is 15.6. The van der Waals surface area contributed by atoms with Crippen LogP contribution in [0.2, 0.25) is 0 Å². The lowest BCUT2D eigenvalue weighted by Gasteiger charge is -2.26. The average Bonchev–Trinajstić information content (AvgIpc) is 3.10.